The van der Waals surface area contributed by atoms with Gasteiger partial charge in [-0.25, -0.2) is 9.13 Å². The minimum absolute atomic E-state index is 0.102. The topological polar surface area (TPSA) is 237 Å². The maximum Gasteiger partial charge on any atom is 0.472 e. The van der Waals surface area contributed by atoms with Crippen LogP contribution in [0.5, 0.6) is 0 Å². The summed E-state index contributed by atoms with van der Waals surface area (Å²) in [5, 5.41) is 10.6. The first-order chi connectivity index (χ1) is 44.7. The maximum atomic E-state index is 13.1. The lowest BCUT2D eigenvalue weighted by atomic mass is 9.99. The number of hydrogen-bond acceptors (Lipinski definition) is 15. The molecule has 3 N–H and O–H groups in total. The van der Waals surface area contributed by atoms with Crippen LogP contribution in [-0.2, 0) is 65.4 Å². The quantitative estimate of drug-likeness (QED) is 0.0222. The average Bonchev–Trinajstić information content (AvgIpc) is 1.98. The van der Waals surface area contributed by atoms with Gasteiger partial charge in [-0.1, -0.05) is 319 Å². The Morgan fingerprint density at radius 1 is 0.301 bits per heavy atom. The molecule has 0 aliphatic carbocycles. The highest BCUT2D eigenvalue weighted by Gasteiger charge is 2.30. The number of aliphatic hydroxyl groups excluding tert-OH is 1. The Morgan fingerprint density at radius 3 is 0.763 bits per heavy atom. The second kappa shape index (κ2) is 63.5. The van der Waals surface area contributed by atoms with Crippen LogP contribution in [0.3, 0.4) is 0 Å². The van der Waals surface area contributed by atoms with Crippen LogP contribution in [0, 0.1) is 23.7 Å². The molecule has 0 spiro atoms. The van der Waals surface area contributed by atoms with E-state index in [1.54, 1.807) is 0 Å². The Kier molecular flexibility index (Phi) is 62.2. The predicted molar refractivity (Wildman–Crippen MR) is 377 cm³/mol. The van der Waals surface area contributed by atoms with Gasteiger partial charge < -0.3 is 33.8 Å². The van der Waals surface area contributed by atoms with E-state index < -0.39 is 97.5 Å². The summed E-state index contributed by atoms with van der Waals surface area (Å²) in [6.07, 6.45) is 47.4. The van der Waals surface area contributed by atoms with Crippen molar-refractivity contribution in [1.82, 2.24) is 0 Å². The molecule has 0 aliphatic heterocycles. The molecular formula is C74H144O17P2. The van der Waals surface area contributed by atoms with Crippen LogP contribution in [-0.4, -0.2) is 96.7 Å². The molecule has 93 heavy (non-hydrogen) atoms. The number of rotatable bonds is 71. The molecule has 0 heterocycles. The van der Waals surface area contributed by atoms with E-state index in [1.165, 1.54) is 167 Å². The number of ether oxygens (including phenoxy) is 4. The number of esters is 4. The van der Waals surface area contributed by atoms with Crippen molar-refractivity contribution >= 4 is 39.5 Å². The molecule has 0 fully saturated rings. The second-order valence-corrected chi connectivity index (χ2v) is 31.0. The van der Waals surface area contributed by atoms with E-state index in [4.69, 9.17) is 37.0 Å². The van der Waals surface area contributed by atoms with Crippen molar-refractivity contribution in [2.24, 2.45) is 23.7 Å². The van der Waals surface area contributed by atoms with E-state index in [1.807, 2.05) is 0 Å². The summed E-state index contributed by atoms with van der Waals surface area (Å²) < 4.78 is 68.4. The van der Waals surface area contributed by atoms with Crippen molar-refractivity contribution < 1.29 is 80.2 Å². The van der Waals surface area contributed by atoms with Crippen LogP contribution < -0.4 is 0 Å². The van der Waals surface area contributed by atoms with Crippen LogP contribution in [0.4, 0.5) is 0 Å². The molecular weight excluding hydrogens is 1220 g/mol. The van der Waals surface area contributed by atoms with Crippen LogP contribution in [0.2, 0.25) is 0 Å². The normalized spacial score (nSPS) is 14.8. The molecule has 0 saturated heterocycles. The molecule has 0 rings (SSSR count). The fraction of sp³-hybridized carbons (Fsp3) is 0.946. The van der Waals surface area contributed by atoms with Crippen molar-refractivity contribution in [2.45, 2.75) is 388 Å². The molecule has 4 unspecified atom stereocenters. The van der Waals surface area contributed by atoms with Crippen LogP contribution in [0.1, 0.15) is 370 Å². The maximum absolute atomic E-state index is 13.1. The van der Waals surface area contributed by atoms with Gasteiger partial charge >= 0.3 is 39.5 Å². The Labute approximate surface area is 568 Å². The molecule has 0 radical (unpaired) electrons. The summed E-state index contributed by atoms with van der Waals surface area (Å²) in [6.45, 7) is 14.1. The monoisotopic (exact) mass is 1370 g/mol. The standard InChI is InChI=1S/C74H144O17P2/c1-9-66(7)52-44-36-27-23-19-15-11-12-16-20-24-28-38-46-54-71(76)84-60-69(90-73(78)56-48-40-29-25-21-17-13-14-18-22-26-34-42-50-64(3)4)62-88-92(80,81)86-58-68(75)59-87-93(82,83)89-63-70(61-85-72(77)55-47-39-32-30-35-43-51-65(5)6)91-74(79)57-49-41-33-31-37-45-53-67(8)10-2/h64-70,75H,9-63H2,1-8H3,(H,80,81)(H,82,83)/t66?,67?,68-,69-,70-/m1/s1. The molecule has 0 aromatic heterocycles. The summed E-state index contributed by atoms with van der Waals surface area (Å²) in [6, 6.07) is 0. The lowest BCUT2D eigenvalue weighted by Crippen LogP contribution is -2.30. The Balaban J connectivity index is 5.22. The molecule has 0 aromatic rings. The molecule has 552 valence electrons. The SMILES string of the molecule is CCC(C)CCCCCCCCCCCCCCCCC(=O)OC[C@H](COP(=O)(O)OC[C@@H](O)COP(=O)(O)OC[C@@H](COC(=O)CCCCCCCCC(C)C)OC(=O)CCCCCCCCC(C)CC)OC(=O)CCCCCCCCCCCCCCCC(C)C. The zero-order valence-corrected chi connectivity index (χ0v) is 62.7. The summed E-state index contributed by atoms with van der Waals surface area (Å²) in [5.41, 5.74) is 0. The highest BCUT2D eigenvalue weighted by atomic mass is 31.2. The number of phosphoric ester groups is 2. The fourth-order valence-corrected chi connectivity index (χ4v) is 12.7. The number of hydrogen-bond donors (Lipinski definition) is 3. The molecule has 7 atom stereocenters. The van der Waals surface area contributed by atoms with E-state index >= 15 is 0 Å². The van der Waals surface area contributed by atoms with Gasteiger partial charge in [-0.15, -0.1) is 0 Å². The lowest BCUT2D eigenvalue weighted by Gasteiger charge is -2.21. The van der Waals surface area contributed by atoms with E-state index in [9.17, 15) is 43.2 Å². The number of phosphoric acid groups is 2. The van der Waals surface area contributed by atoms with Gasteiger partial charge in [0.25, 0.3) is 0 Å². The summed E-state index contributed by atoms with van der Waals surface area (Å²) in [5.74, 6) is 0.908. The third-order valence-electron chi connectivity index (χ3n) is 17.8. The molecule has 0 amide bonds. The number of carbonyl (C=O) groups excluding carboxylic acids is 4. The van der Waals surface area contributed by atoms with Gasteiger partial charge in [-0.2, -0.15) is 0 Å². The van der Waals surface area contributed by atoms with E-state index in [0.717, 1.165) is 114 Å². The van der Waals surface area contributed by atoms with Gasteiger partial charge in [0.05, 0.1) is 26.4 Å². The van der Waals surface area contributed by atoms with E-state index in [0.29, 0.717) is 31.6 Å². The third-order valence-corrected chi connectivity index (χ3v) is 19.7. The summed E-state index contributed by atoms with van der Waals surface area (Å²) >= 11 is 0. The highest BCUT2D eigenvalue weighted by Crippen LogP contribution is 2.45. The third kappa shape index (κ3) is 65.8. The fourth-order valence-electron chi connectivity index (χ4n) is 11.1. The first-order valence-corrected chi connectivity index (χ1v) is 41.3. The first kappa shape index (κ1) is 91.1. The van der Waals surface area contributed by atoms with Crippen LogP contribution >= 0.6 is 15.6 Å². The van der Waals surface area contributed by atoms with Gasteiger partial charge in [-0.3, -0.25) is 37.3 Å². The Morgan fingerprint density at radius 2 is 0.516 bits per heavy atom. The first-order valence-electron chi connectivity index (χ1n) is 38.3. The van der Waals surface area contributed by atoms with Gasteiger partial charge in [0.1, 0.15) is 19.3 Å². The molecule has 19 heteroatoms. The zero-order chi connectivity index (χ0) is 68.9. The van der Waals surface area contributed by atoms with Crippen molar-refractivity contribution in [1.29, 1.82) is 0 Å². The van der Waals surface area contributed by atoms with Crippen molar-refractivity contribution in [3.63, 3.8) is 0 Å². The van der Waals surface area contributed by atoms with Crippen molar-refractivity contribution in [3.05, 3.63) is 0 Å². The Bertz CT molecular complexity index is 1840. The smallest absolute Gasteiger partial charge is 0.462 e. The van der Waals surface area contributed by atoms with Crippen LogP contribution in [0.15, 0.2) is 0 Å². The largest absolute Gasteiger partial charge is 0.472 e. The van der Waals surface area contributed by atoms with Crippen molar-refractivity contribution in [2.75, 3.05) is 39.6 Å². The van der Waals surface area contributed by atoms with E-state index in [2.05, 4.69) is 55.4 Å². The van der Waals surface area contributed by atoms with E-state index in [-0.39, 0.29) is 25.7 Å². The van der Waals surface area contributed by atoms with Gasteiger partial charge in [0.2, 0.25) is 0 Å². The van der Waals surface area contributed by atoms with Crippen molar-refractivity contribution in [3.8, 4) is 0 Å². The summed E-state index contributed by atoms with van der Waals surface area (Å²) in [4.78, 5) is 72.6. The molecule has 0 aromatic carbocycles. The highest BCUT2D eigenvalue weighted by molar-refractivity contribution is 7.47. The zero-order valence-electron chi connectivity index (χ0n) is 60.9. The number of carbonyl (C=O) groups is 4. The molecule has 0 aliphatic rings. The minimum Gasteiger partial charge on any atom is -0.462 e. The van der Waals surface area contributed by atoms with Gasteiger partial charge in [-0.05, 0) is 49.4 Å². The van der Waals surface area contributed by atoms with Crippen LogP contribution in [0.25, 0.3) is 0 Å². The number of unbranched alkanes of at least 4 members (excludes halogenated alkanes) is 35. The molecule has 17 nitrogen and oxygen atoms in total. The molecule has 0 saturated carbocycles. The second-order valence-electron chi connectivity index (χ2n) is 28.1. The summed E-state index contributed by atoms with van der Waals surface area (Å²) in [7, 11) is -9.91. The minimum atomic E-state index is -4.96. The van der Waals surface area contributed by atoms with Gasteiger partial charge in [0, 0.05) is 25.7 Å². The predicted octanol–water partition coefficient (Wildman–Crippen LogP) is 21.3. The number of aliphatic hydroxyl groups is 1. The lowest BCUT2D eigenvalue weighted by molar-refractivity contribution is -0.161. The average molecular weight is 1370 g/mol. The van der Waals surface area contributed by atoms with Gasteiger partial charge in [0.15, 0.2) is 12.2 Å². The molecule has 0 bridgehead atoms. The Hall–Kier alpha value is -1.94.